The van der Waals surface area contributed by atoms with Crippen LogP contribution in [0, 0.1) is 34.0 Å². The van der Waals surface area contributed by atoms with Crippen LogP contribution in [0.3, 0.4) is 0 Å². The Bertz CT molecular complexity index is 915. The van der Waals surface area contributed by atoms with E-state index in [2.05, 4.69) is 6.92 Å². The van der Waals surface area contributed by atoms with Crippen LogP contribution < -0.4 is 0 Å². The highest BCUT2D eigenvalue weighted by atomic mass is 16.7. The summed E-state index contributed by atoms with van der Waals surface area (Å²) in [6.07, 6.45) is -5.55. The first-order chi connectivity index (χ1) is 17.8. The third kappa shape index (κ3) is 3.70. The number of hydrogen-bond acceptors (Lipinski definition) is 11. The summed E-state index contributed by atoms with van der Waals surface area (Å²) in [5, 5.41) is 74.9. The van der Waals surface area contributed by atoms with Crippen molar-refractivity contribution in [1.29, 1.82) is 0 Å². The fraction of sp³-hybridized carbons (Fsp3) is 0.963. The summed E-state index contributed by atoms with van der Waals surface area (Å²) in [6.45, 7) is 2.90. The van der Waals surface area contributed by atoms with Gasteiger partial charge in [0.15, 0.2) is 6.29 Å². The molecule has 0 aromatic carbocycles. The van der Waals surface area contributed by atoms with E-state index in [4.69, 9.17) is 14.2 Å². The van der Waals surface area contributed by atoms with Gasteiger partial charge in [-0.2, -0.15) is 0 Å². The topological polar surface area (TPSA) is 186 Å². The van der Waals surface area contributed by atoms with Crippen LogP contribution in [0.4, 0.5) is 0 Å². The summed E-state index contributed by atoms with van der Waals surface area (Å²) in [5.74, 6) is -1.18. The molecule has 0 aromatic heterocycles. The number of rotatable bonds is 5. The number of methoxy groups -OCH3 is 1. The van der Waals surface area contributed by atoms with Crippen molar-refractivity contribution >= 4 is 5.97 Å². The monoisotopic (exact) mass is 544 g/mol. The molecule has 4 saturated carbocycles. The van der Waals surface area contributed by atoms with Crippen molar-refractivity contribution in [2.45, 2.75) is 107 Å². The molecule has 5 rings (SSSR count). The quantitative estimate of drug-likeness (QED) is 0.212. The molecule has 7 N–H and O–H groups in total. The molecule has 14 atom stereocenters. The smallest absolute Gasteiger partial charge is 0.311 e. The van der Waals surface area contributed by atoms with Gasteiger partial charge in [0.1, 0.15) is 24.4 Å². The van der Waals surface area contributed by atoms with E-state index in [9.17, 15) is 40.5 Å². The molecular weight excluding hydrogens is 500 g/mol. The molecule has 1 aliphatic heterocycles. The number of hydrogen-bond donors (Lipinski definition) is 7. The van der Waals surface area contributed by atoms with Gasteiger partial charge < -0.3 is 50.0 Å². The highest BCUT2D eigenvalue weighted by molar-refractivity contribution is 5.77. The van der Waals surface area contributed by atoms with Gasteiger partial charge in [-0.25, -0.2) is 0 Å². The Morgan fingerprint density at radius 2 is 1.68 bits per heavy atom. The number of ether oxygens (including phenoxy) is 3. The van der Waals surface area contributed by atoms with Gasteiger partial charge in [0, 0.05) is 11.3 Å². The van der Waals surface area contributed by atoms with Crippen molar-refractivity contribution in [3.63, 3.8) is 0 Å². The van der Waals surface area contributed by atoms with Crippen LogP contribution >= 0.6 is 0 Å². The Balaban J connectivity index is 1.49. The van der Waals surface area contributed by atoms with Crippen molar-refractivity contribution in [3.8, 4) is 0 Å². The zero-order valence-electron chi connectivity index (χ0n) is 22.4. The number of carbonyl (C=O) groups is 1. The zero-order chi connectivity index (χ0) is 27.8. The molecule has 1 heterocycles. The van der Waals surface area contributed by atoms with E-state index in [1.165, 1.54) is 7.11 Å². The van der Waals surface area contributed by atoms with Crippen molar-refractivity contribution in [3.05, 3.63) is 0 Å². The van der Waals surface area contributed by atoms with E-state index in [0.717, 1.165) is 12.8 Å². The molecular formula is C27H44O11. The first kappa shape index (κ1) is 28.6. The number of esters is 1. The van der Waals surface area contributed by atoms with Gasteiger partial charge in [0.2, 0.25) is 0 Å². The maximum Gasteiger partial charge on any atom is 0.311 e. The standard InChI is InChI=1S/C27H44O11/c1-24-7-4-8-25(2,23(35)36-3)20(24)19(33)21(34)26-9-13(5-6-15(24)26)27(11-26,12-29)38-22-18(32)17(31)16(30)14(10-28)37-22/h13-22,28-34H,4-12H2,1-3H3. The summed E-state index contributed by atoms with van der Waals surface area (Å²) in [6, 6.07) is 0. The summed E-state index contributed by atoms with van der Waals surface area (Å²) in [5.41, 5.74) is -3.47. The van der Waals surface area contributed by atoms with Crippen LogP contribution in [0.1, 0.15) is 58.8 Å². The van der Waals surface area contributed by atoms with Crippen molar-refractivity contribution in [2.75, 3.05) is 20.3 Å². The van der Waals surface area contributed by atoms with Crippen LogP contribution in [0.15, 0.2) is 0 Å². The van der Waals surface area contributed by atoms with Crippen LogP contribution in [0.2, 0.25) is 0 Å². The average Bonchev–Trinajstić information content (AvgIpc) is 3.14. The minimum absolute atomic E-state index is 0.0641. The molecule has 1 spiro atoms. The van der Waals surface area contributed by atoms with Crippen LogP contribution in [-0.4, -0.2) is 111 Å². The second-order valence-corrected chi connectivity index (χ2v) is 13.2. The second-order valence-electron chi connectivity index (χ2n) is 13.2. The molecule has 14 unspecified atom stereocenters. The first-order valence-corrected chi connectivity index (χ1v) is 13.9. The van der Waals surface area contributed by atoms with Gasteiger partial charge in [-0.3, -0.25) is 4.79 Å². The molecule has 2 bridgehead atoms. The molecule has 5 fully saturated rings. The minimum atomic E-state index is -1.62. The molecule has 0 amide bonds. The van der Waals surface area contributed by atoms with Gasteiger partial charge in [0.25, 0.3) is 0 Å². The summed E-state index contributed by atoms with van der Waals surface area (Å²) in [4.78, 5) is 13.0. The zero-order valence-corrected chi connectivity index (χ0v) is 22.4. The predicted molar refractivity (Wildman–Crippen MR) is 130 cm³/mol. The molecule has 5 aliphatic rings. The van der Waals surface area contributed by atoms with Crippen molar-refractivity contribution in [1.82, 2.24) is 0 Å². The minimum Gasteiger partial charge on any atom is -0.469 e. The van der Waals surface area contributed by atoms with Crippen LogP contribution in [-0.2, 0) is 19.0 Å². The van der Waals surface area contributed by atoms with Gasteiger partial charge in [-0.1, -0.05) is 13.3 Å². The van der Waals surface area contributed by atoms with Gasteiger partial charge in [0.05, 0.1) is 43.5 Å². The van der Waals surface area contributed by atoms with Gasteiger partial charge in [-0.05, 0) is 62.7 Å². The summed E-state index contributed by atoms with van der Waals surface area (Å²) < 4.78 is 17.1. The molecule has 218 valence electrons. The van der Waals surface area contributed by atoms with E-state index >= 15 is 0 Å². The third-order valence-corrected chi connectivity index (χ3v) is 11.5. The summed E-state index contributed by atoms with van der Waals surface area (Å²) >= 11 is 0. The lowest BCUT2D eigenvalue weighted by molar-refractivity contribution is -0.335. The lowest BCUT2D eigenvalue weighted by Crippen LogP contribution is -2.69. The fourth-order valence-corrected chi connectivity index (χ4v) is 9.90. The number of fused-ring (bicyclic) bond motifs is 3. The Kier molecular flexibility index (Phi) is 7.23. The van der Waals surface area contributed by atoms with E-state index in [1.807, 2.05) is 6.92 Å². The van der Waals surface area contributed by atoms with E-state index in [1.54, 1.807) is 0 Å². The Morgan fingerprint density at radius 1 is 0.974 bits per heavy atom. The lowest BCUT2D eigenvalue weighted by Gasteiger charge is -2.66. The summed E-state index contributed by atoms with van der Waals surface area (Å²) in [7, 11) is 1.35. The molecule has 4 aliphatic carbocycles. The molecule has 1 saturated heterocycles. The number of aliphatic hydroxyl groups excluding tert-OH is 7. The SMILES string of the molecule is COC(=O)C1(C)CCCC2(C)C1C(O)C(O)C13CC(CCC21)C(CO)(OC1OC(CO)C(O)C(O)C1O)C3. The molecule has 0 aromatic rings. The Labute approximate surface area is 222 Å². The van der Waals surface area contributed by atoms with Crippen LogP contribution in [0.25, 0.3) is 0 Å². The highest BCUT2D eigenvalue weighted by Crippen LogP contribution is 2.73. The maximum absolute atomic E-state index is 13.0. The Hall–Kier alpha value is -0.890. The maximum atomic E-state index is 13.0. The van der Waals surface area contributed by atoms with E-state index < -0.39 is 83.9 Å². The molecule has 11 heteroatoms. The average molecular weight is 545 g/mol. The molecule has 0 radical (unpaired) electrons. The fourth-order valence-electron chi connectivity index (χ4n) is 9.90. The molecule has 38 heavy (non-hydrogen) atoms. The lowest BCUT2D eigenvalue weighted by atomic mass is 9.39. The van der Waals surface area contributed by atoms with Crippen molar-refractivity contribution < 1.29 is 54.8 Å². The van der Waals surface area contributed by atoms with Gasteiger partial charge in [-0.15, -0.1) is 0 Å². The largest absolute Gasteiger partial charge is 0.469 e. The van der Waals surface area contributed by atoms with E-state index in [0.29, 0.717) is 25.7 Å². The van der Waals surface area contributed by atoms with Gasteiger partial charge >= 0.3 is 5.97 Å². The molecule has 11 nitrogen and oxygen atoms in total. The van der Waals surface area contributed by atoms with E-state index in [-0.39, 0.29) is 24.2 Å². The first-order valence-electron chi connectivity index (χ1n) is 13.9. The highest BCUT2D eigenvalue weighted by Gasteiger charge is 2.74. The van der Waals surface area contributed by atoms with Crippen molar-refractivity contribution in [2.24, 2.45) is 34.0 Å². The normalized spacial score (nSPS) is 56.2. The third-order valence-electron chi connectivity index (χ3n) is 11.5. The second kappa shape index (κ2) is 9.60. The predicted octanol–water partition coefficient (Wildman–Crippen LogP) is -0.938. The number of aliphatic hydroxyl groups is 7. The number of carbonyl (C=O) groups excluding carboxylic acids is 1. The Morgan fingerprint density at radius 3 is 2.32 bits per heavy atom. The van der Waals surface area contributed by atoms with Crippen LogP contribution in [0.5, 0.6) is 0 Å².